The molecule has 3 aromatic rings. The Balaban J connectivity index is 1.39. The van der Waals surface area contributed by atoms with Crippen LogP contribution in [0, 0.1) is 0 Å². The van der Waals surface area contributed by atoms with Crippen molar-refractivity contribution in [3.05, 3.63) is 54.1 Å². The molecule has 6 nitrogen and oxygen atoms in total. The van der Waals surface area contributed by atoms with Crippen LogP contribution in [0.25, 0.3) is 11.7 Å². The van der Waals surface area contributed by atoms with Gasteiger partial charge in [0.25, 0.3) is 5.89 Å². The summed E-state index contributed by atoms with van der Waals surface area (Å²) in [5, 5.41) is 8.29. The summed E-state index contributed by atoms with van der Waals surface area (Å²) < 4.78 is 16.3. The summed E-state index contributed by atoms with van der Waals surface area (Å²) >= 11 is 0. The lowest BCUT2D eigenvalue weighted by Crippen LogP contribution is -2.19. The highest BCUT2D eigenvalue weighted by Gasteiger charge is 2.28. The van der Waals surface area contributed by atoms with Crippen molar-refractivity contribution < 1.29 is 13.6 Å². The summed E-state index contributed by atoms with van der Waals surface area (Å²) in [5.41, 5.74) is 1.28. The molecule has 1 aliphatic heterocycles. The molecule has 2 aromatic heterocycles. The van der Waals surface area contributed by atoms with E-state index in [4.69, 9.17) is 13.6 Å². The lowest BCUT2D eigenvalue weighted by Gasteiger charge is -2.15. The van der Waals surface area contributed by atoms with Gasteiger partial charge in [0.15, 0.2) is 5.76 Å². The Bertz CT molecular complexity index is 780. The molecule has 3 heterocycles. The quantitative estimate of drug-likeness (QED) is 0.717. The normalized spacial score (nSPS) is 18.1. The number of benzene rings is 1. The van der Waals surface area contributed by atoms with Crippen LogP contribution >= 0.6 is 0 Å². The average Bonchev–Trinajstić information content (AvgIpc) is 3.36. The third-order valence-electron chi connectivity index (χ3n) is 4.36. The zero-order valence-corrected chi connectivity index (χ0v) is 13.5. The van der Waals surface area contributed by atoms with Gasteiger partial charge >= 0.3 is 0 Å². The van der Waals surface area contributed by atoms with Gasteiger partial charge in [-0.2, -0.15) is 0 Å². The van der Waals surface area contributed by atoms with E-state index in [1.165, 1.54) is 5.56 Å². The molecule has 1 atom stereocenters. The Labute approximate surface area is 140 Å². The summed E-state index contributed by atoms with van der Waals surface area (Å²) in [6.07, 6.45) is 2.63. The molecule has 1 aliphatic rings. The van der Waals surface area contributed by atoms with Crippen LogP contribution in [-0.4, -0.2) is 35.3 Å². The molecule has 0 aliphatic carbocycles. The third kappa shape index (κ3) is 3.05. The van der Waals surface area contributed by atoms with Crippen molar-refractivity contribution in [1.29, 1.82) is 0 Å². The van der Waals surface area contributed by atoms with Crippen molar-refractivity contribution in [2.24, 2.45) is 0 Å². The first-order valence-electron chi connectivity index (χ1n) is 8.04. The molecular weight excluding hydrogens is 306 g/mol. The molecule has 6 heteroatoms. The van der Waals surface area contributed by atoms with Crippen LogP contribution in [0.15, 0.2) is 51.5 Å². The van der Waals surface area contributed by atoms with Gasteiger partial charge in [0, 0.05) is 13.1 Å². The van der Waals surface area contributed by atoms with E-state index >= 15 is 0 Å². The van der Waals surface area contributed by atoms with E-state index in [0.29, 0.717) is 17.5 Å². The maximum atomic E-state index is 5.78. The highest BCUT2D eigenvalue weighted by Crippen LogP contribution is 2.29. The Hall–Kier alpha value is -2.60. The summed E-state index contributed by atoms with van der Waals surface area (Å²) in [6.45, 7) is 2.86. The van der Waals surface area contributed by atoms with E-state index in [2.05, 4.69) is 27.2 Å². The SMILES string of the molecule is COc1ccc(CN2CCC(c3nnc(-c4ccco4)o3)C2)cc1. The van der Waals surface area contributed by atoms with Crippen molar-refractivity contribution in [1.82, 2.24) is 15.1 Å². The van der Waals surface area contributed by atoms with Crippen LogP contribution in [-0.2, 0) is 6.54 Å². The second-order valence-electron chi connectivity index (χ2n) is 5.99. The Morgan fingerprint density at radius 2 is 2.08 bits per heavy atom. The van der Waals surface area contributed by atoms with E-state index in [1.54, 1.807) is 13.4 Å². The van der Waals surface area contributed by atoms with Gasteiger partial charge in [-0.3, -0.25) is 4.90 Å². The average molecular weight is 325 g/mol. The van der Waals surface area contributed by atoms with Gasteiger partial charge in [-0.1, -0.05) is 12.1 Å². The second kappa shape index (κ2) is 6.49. The molecule has 0 bridgehead atoms. The summed E-state index contributed by atoms with van der Waals surface area (Å²) in [4.78, 5) is 2.41. The zero-order valence-electron chi connectivity index (χ0n) is 13.5. The first-order chi connectivity index (χ1) is 11.8. The highest BCUT2D eigenvalue weighted by molar-refractivity contribution is 5.42. The Morgan fingerprint density at radius 1 is 1.21 bits per heavy atom. The minimum absolute atomic E-state index is 0.277. The minimum atomic E-state index is 0.277. The van der Waals surface area contributed by atoms with Gasteiger partial charge in [0.2, 0.25) is 5.89 Å². The molecule has 0 N–H and O–H groups in total. The number of hydrogen-bond donors (Lipinski definition) is 0. The fourth-order valence-electron chi connectivity index (χ4n) is 3.07. The van der Waals surface area contributed by atoms with Crippen LogP contribution in [0.5, 0.6) is 5.75 Å². The molecule has 1 saturated heterocycles. The van der Waals surface area contributed by atoms with Gasteiger partial charge in [-0.25, -0.2) is 0 Å². The minimum Gasteiger partial charge on any atom is -0.497 e. The van der Waals surface area contributed by atoms with Crippen LogP contribution < -0.4 is 4.74 Å². The maximum absolute atomic E-state index is 5.78. The van der Waals surface area contributed by atoms with E-state index in [9.17, 15) is 0 Å². The van der Waals surface area contributed by atoms with Crippen molar-refractivity contribution in [2.75, 3.05) is 20.2 Å². The molecule has 0 saturated carbocycles. The number of methoxy groups -OCH3 is 1. The first kappa shape index (κ1) is 15.0. The van der Waals surface area contributed by atoms with E-state index in [-0.39, 0.29) is 5.92 Å². The number of hydrogen-bond acceptors (Lipinski definition) is 6. The third-order valence-corrected chi connectivity index (χ3v) is 4.36. The smallest absolute Gasteiger partial charge is 0.283 e. The number of rotatable bonds is 5. The molecule has 24 heavy (non-hydrogen) atoms. The van der Waals surface area contributed by atoms with Crippen LogP contribution in [0.2, 0.25) is 0 Å². The summed E-state index contributed by atoms with van der Waals surface area (Å²) in [7, 11) is 1.68. The lowest BCUT2D eigenvalue weighted by molar-refractivity contribution is 0.319. The molecule has 0 spiro atoms. The van der Waals surface area contributed by atoms with Crippen LogP contribution in [0.3, 0.4) is 0 Å². The van der Waals surface area contributed by atoms with Gasteiger partial charge in [0.05, 0.1) is 19.3 Å². The van der Waals surface area contributed by atoms with E-state index in [0.717, 1.165) is 31.8 Å². The molecule has 1 aromatic carbocycles. The monoisotopic (exact) mass is 325 g/mol. The van der Waals surface area contributed by atoms with Crippen LogP contribution in [0.1, 0.15) is 23.8 Å². The summed E-state index contributed by atoms with van der Waals surface area (Å²) in [6, 6.07) is 11.8. The Morgan fingerprint density at radius 3 is 2.83 bits per heavy atom. The molecule has 0 radical (unpaired) electrons. The second-order valence-corrected chi connectivity index (χ2v) is 5.99. The number of aromatic nitrogens is 2. The van der Waals surface area contributed by atoms with Gasteiger partial charge in [-0.05, 0) is 42.8 Å². The standard InChI is InChI=1S/C18H19N3O3/c1-22-15-6-4-13(5-7-15)11-21-9-8-14(12-21)17-19-20-18(24-17)16-3-2-10-23-16/h2-7,10,14H,8-9,11-12H2,1H3. The van der Waals surface area contributed by atoms with E-state index in [1.807, 2.05) is 24.3 Å². The predicted octanol–water partition coefficient (Wildman–Crippen LogP) is 3.33. The molecule has 1 fully saturated rings. The lowest BCUT2D eigenvalue weighted by atomic mass is 10.1. The summed E-state index contributed by atoms with van der Waals surface area (Å²) in [5.74, 6) is 2.91. The largest absolute Gasteiger partial charge is 0.497 e. The fraction of sp³-hybridized carbons (Fsp3) is 0.333. The van der Waals surface area contributed by atoms with Crippen molar-refractivity contribution >= 4 is 0 Å². The van der Waals surface area contributed by atoms with Crippen molar-refractivity contribution in [3.63, 3.8) is 0 Å². The molecule has 124 valence electrons. The Kier molecular flexibility index (Phi) is 4.04. The van der Waals surface area contributed by atoms with Gasteiger partial charge in [-0.15, -0.1) is 10.2 Å². The number of nitrogens with zero attached hydrogens (tertiary/aromatic N) is 3. The fourth-order valence-corrected chi connectivity index (χ4v) is 3.07. The van der Waals surface area contributed by atoms with Gasteiger partial charge < -0.3 is 13.6 Å². The number of likely N-dealkylation sites (tertiary alicyclic amines) is 1. The molecule has 4 rings (SSSR count). The van der Waals surface area contributed by atoms with Crippen LogP contribution in [0.4, 0.5) is 0 Å². The number of ether oxygens (including phenoxy) is 1. The first-order valence-corrected chi connectivity index (χ1v) is 8.04. The molecular formula is C18H19N3O3. The molecule has 0 amide bonds. The topological polar surface area (TPSA) is 64.5 Å². The van der Waals surface area contributed by atoms with Crippen molar-refractivity contribution in [3.8, 4) is 17.4 Å². The maximum Gasteiger partial charge on any atom is 0.283 e. The van der Waals surface area contributed by atoms with Crippen molar-refractivity contribution in [2.45, 2.75) is 18.9 Å². The number of furan rings is 1. The highest BCUT2D eigenvalue weighted by atomic mass is 16.5. The van der Waals surface area contributed by atoms with Gasteiger partial charge in [0.1, 0.15) is 5.75 Å². The predicted molar refractivity (Wildman–Crippen MR) is 87.6 cm³/mol. The molecule has 1 unspecified atom stereocenters. The zero-order chi connectivity index (χ0) is 16.4. The van der Waals surface area contributed by atoms with E-state index < -0.39 is 0 Å².